The van der Waals surface area contributed by atoms with Gasteiger partial charge in [0.1, 0.15) is 5.75 Å². The summed E-state index contributed by atoms with van der Waals surface area (Å²) in [4.78, 5) is 0. The number of allylic oxidation sites excluding steroid dienone is 1. The van der Waals surface area contributed by atoms with E-state index in [0.717, 1.165) is 29.2 Å². The van der Waals surface area contributed by atoms with Crippen LogP contribution in [0.2, 0.25) is 0 Å². The maximum atomic E-state index is 9.80. The van der Waals surface area contributed by atoms with E-state index in [1.807, 2.05) is 36.4 Å². The second-order valence-corrected chi connectivity index (χ2v) is 4.19. The van der Waals surface area contributed by atoms with Gasteiger partial charge in [0, 0.05) is 11.4 Å². The van der Waals surface area contributed by atoms with Gasteiger partial charge in [0.2, 0.25) is 0 Å². The standard InChI is InChI=1S/C15H17NO/c1-2-3-8-14(16)12-9-10-15(17)13-7-5-4-6-11(12)13/h2,4-7,9-10,14,17H,1,3,8,16H2/t14-/m0/s1. The van der Waals surface area contributed by atoms with Crippen molar-refractivity contribution >= 4 is 10.8 Å². The first-order chi connectivity index (χ1) is 8.24. The highest BCUT2D eigenvalue weighted by Gasteiger charge is 2.10. The number of hydrogen-bond donors (Lipinski definition) is 2. The van der Waals surface area contributed by atoms with Gasteiger partial charge in [-0.3, -0.25) is 0 Å². The van der Waals surface area contributed by atoms with Crippen LogP contribution in [-0.4, -0.2) is 5.11 Å². The zero-order valence-corrected chi connectivity index (χ0v) is 9.76. The van der Waals surface area contributed by atoms with Crippen LogP contribution in [0.5, 0.6) is 5.75 Å². The molecule has 0 aromatic heterocycles. The van der Waals surface area contributed by atoms with Crippen LogP contribution < -0.4 is 5.73 Å². The Labute approximate surface area is 101 Å². The molecule has 0 saturated heterocycles. The molecular weight excluding hydrogens is 210 g/mol. The second kappa shape index (κ2) is 5.02. The molecule has 0 aliphatic rings. The van der Waals surface area contributed by atoms with Gasteiger partial charge < -0.3 is 10.8 Å². The Morgan fingerprint density at radius 1 is 1.18 bits per heavy atom. The largest absolute Gasteiger partial charge is 0.507 e. The third-order valence-corrected chi connectivity index (χ3v) is 3.02. The molecule has 0 aliphatic carbocycles. The summed E-state index contributed by atoms with van der Waals surface area (Å²) >= 11 is 0. The molecule has 0 heterocycles. The normalized spacial score (nSPS) is 12.5. The zero-order chi connectivity index (χ0) is 12.3. The summed E-state index contributed by atoms with van der Waals surface area (Å²) in [6.07, 6.45) is 3.65. The van der Waals surface area contributed by atoms with Gasteiger partial charge in [-0.25, -0.2) is 0 Å². The van der Waals surface area contributed by atoms with Crippen LogP contribution in [0.25, 0.3) is 10.8 Å². The Balaban J connectivity index is 2.47. The van der Waals surface area contributed by atoms with E-state index in [-0.39, 0.29) is 6.04 Å². The van der Waals surface area contributed by atoms with Gasteiger partial charge in [-0.15, -0.1) is 6.58 Å². The Morgan fingerprint density at radius 2 is 1.88 bits per heavy atom. The summed E-state index contributed by atoms with van der Waals surface area (Å²) in [5.74, 6) is 0.306. The van der Waals surface area contributed by atoms with Crippen LogP contribution in [0.1, 0.15) is 24.4 Å². The fourth-order valence-corrected chi connectivity index (χ4v) is 2.08. The van der Waals surface area contributed by atoms with Crippen LogP contribution in [-0.2, 0) is 0 Å². The van der Waals surface area contributed by atoms with Crippen molar-refractivity contribution < 1.29 is 5.11 Å². The number of phenols is 1. The predicted octanol–water partition coefficient (Wildman–Crippen LogP) is 3.51. The number of benzene rings is 2. The summed E-state index contributed by atoms with van der Waals surface area (Å²) in [6.45, 7) is 3.71. The molecule has 0 saturated carbocycles. The Kier molecular flexibility index (Phi) is 3.45. The van der Waals surface area contributed by atoms with Crippen LogP contribution in [0.3, 0.4) is 0 Å². The molecular formula is C15H17NO. The third kappa shape index (κ3) is 2.32. The minimum Gasteiger partial charge on any atom is -0.507 e. The lowest BCUT2D eigenvalue weighted by Crippen LogP contribution is -2.10. The van der Waals surface area contributed by atoms with Crippen LogP contribution in [0, 0.1) is 0 Å². The first kappa shape index (κ1) is 11.7. The van der Waals surface area contributed by atoms with Gasteiger partial charge in [-0.2, -0.15) is 0 Å². The lowest BCUT2D eigenvalue weighted by molar-refractivity contribution is 0.481. The summed E-state index contributed by atoms with van der Waals surface area (Å²) in [5, 5.41) is 11.7. The van der Waals surface area contributed by atoms with Crippen LogP contribution in [0.15, 0.2) is 49.1 Å². The molecule has 88 valence electrons. The van der Waals surface area contributed by atoms with E-state index in [1.165, 1.54) is 0 Å². The Hall–Kier alpha value is -1.80. The first-order valence-electron chi connectivity index (χ1n) is 5.81. The number of nitrogens with two attached hydrogens (primary N) is 1. The average molecular weight is 227 g/mol. The molecule has 0 aliphatic heterocycles. The molecule has 17 heavy (non-hydrogen) atoms. The molecule has 2 rings (SSSR count). The molecule has 0 unspecified atom stereocenters. The summed E-state index contributed by atoms with van der Waals surface area (Å²) in [5.41, 5.74) is 7.25. The number of fused-ring (bicyclic) bond motifs is 1. The fourth-order valence-electron chi connectivity index (χ4n) is 2.08. The Morgan fingerprint density at radius 3 is 2.59 bits per heavy atom. The van der Waals surface area contributed by atoms with E-state index in [9.17, 15) is 5.11 Å². The van der Waals surface area contributed by atoms with Crippen molar-refractivity contribution in [3.63, 3.8) is 0 Å². The number of aromatic hydroxyl groups is 1. The topological polar surface area (TPSA) is 46.2 Å². The lowest BCUT2D eigenvalue weighted by atomic mass is 9.96. The van der Waals surface area contributed by atoms with Crippen molar-refractivity contribution in [1.82, 2.24) is 0 Å². The monoisotopic (exact) mass is 227 g/mol. The van der Waals surface area contributed by atoms with E-state index in [2.05, 4.69) is 6.58 Å². The summed E-state index contributed by atoms with van der Waals surface area (Å²) < 4.78 is 0. The van der Waals surface area contributed by atoms with E-state index < -0.39 is 0 Å². The van der Waals surface area contributed by atoms with Gasteiger partial charge in [-0.1, -0.05) is 36.4 Å². The highest BCUT2D eigenvalue weighted by atomic mass is 16.3. The molecule has 2 heteroatoms. The van der Waals surface area contributed by atoms with Crippen LogP contribution in [0.4, 0.5) is 0 Å². The molecule has 0 bridgehead atoms. The smallest absolute Gasteiger partial charge is 0.123 e. The van der Waals surface area contributed by atoms with E-state index in [4.69, 9.17) is 5.73 Å². The highest BCUT2D eigenvalue weighted by molar-refractivity contribution is 5.91. The third-order valence-electron chi connectivity index (χ3n) is 3.02. The van der Waals surface area contributed by atoms with Crippen molar-refractivity contribution in [2.75, 3.05) is 0 Å². The number of rotatable bonds is 4. The average Bonchev–Trinajstić information content (AvgIpc) is 2.37. The number of phenolic OH excluding ortho intramolecular Hbond substituents is 1. The van der Waals surface area contributed by atoms with Gasteiger partial charge in [0.05, 0.1) is 0 Å². The maximum absolute atomic E-state index is 9.80. The maximum Gasteiger partial charge on any atom is 0.123 e. The quantitative estimate of drug-likeness (QED) is 0.785. The zero-order valence-electron chi connectivity index (χ0n) is 9.76. The van der Waals surface area contributed by atoms with Crippen molar-refractivity contribution in [1.29, 1.82) is 0 Å². The Bertz CT molecular complexity index is 533. The molecule has 2 nitrogen and oxygen atoms in total. The molecule has 0 amide bonds. The summed E-state index contributed by atoms with van der Waals surface area (Å²) in [6, 6.07) is 11.4. The first-order valence-corrected chi connectivity index (χ1v) is 5.81. The SMILES string of the molecule is C=CCC[C@H](N)c1ccc(O)c2ccccc12. The molecule has 2 aromatic carbocycles. The van der Waals surface area contributed by atoms with Crippen molar-refractivity contribution in [2.24, 2.45) is 5.73 Å². The minimum absolute atomic E-state index is 0.0153. The van der Waals surface area contributed by atoms with Gasteiger partial charge in [0.25, 0.3) is 0 Å². The number of hydrogen-bond acceptors (Lipinski definition) is 2. The van der Waals surface area contributed by atoms with Crippen molar-refractivity contribution in [2.45, 2.75) is 18.9 Å². The molecule has 3 N–H and O–H groups in total. The van der Waals surface area contributed by atoms with Crippen molar-refractivity contribution in [3.8, 4) is 5.75 Å². The van der Waals surface area contributed by atoms with E-state index >= 15 is 0 Å². The van der Waals surface area contributed by atoms with Gasteiger partial charge in [0.15, 0.2) is 0 Å². The van der Waals surface area contributed by atoms with Gasteiger partial charge in [-0.05, 0) is 29.9 Å². The molecule has 1 atom stereocenters. The highest BCUT2D eigenvalue weighted by Crippen LogP contribution is 2.31. The molecule has 0 spiro atoms. The molecule has 2 aromatic rings. The summed E-state index contributed by atoms with van der Waals surface area (Å²) in [7, 11) is 0. The molecule has 0 radical (unpaired) electrons. The fraction of sp³-hybridized carbons (Fsp3) is 0.200. The minimum atomic E-state index is -0.0153. The van der Waals surface area contributed by atoms with E-state index in [1.54, 1.807) is 6.07 Å². The molecule has 0 fully saturated rings. The van der Waals surface area contributed by atoms with Crippen LogP contribution >= 0.6 is 0 Å². The van der Waals surface area contributed by atoms with E-state index in [0.29, 0.717) is 5.75 Å². The second-order valence-electron chi connectivity index (χ2n) is 4.19. The lowest BCUT2D eigenvalue weighted by Gasteiger charge is -2.14. The van der Waals surface area contributed by atoms with Crippen molar-refractivity contribution in [3.05, 3.63) is 54.6 Å². The predicted molar refractivity (Wildman–Crippen MR) is 72.0 cm³/mol. The van der Waals surface area contributed by atoms with Gasteiger partial charge >= 0.3 is 0 Å².